The van der Waals surface area contributed by atoms with E-state index in [0.717, 1.165) is 28.2 Å². The highest BCUT2D eigenvalue weighted by molar-refractivity contribution is 5.66. The van der Waals surface area contributed by atoms with Crippen molar-refractivity contribution >= 4 is 5.65 Å². The molecule has 0 bridgehead atoms. The molecule has 4 nitrogen and oxygen atoms in total. The highest BCUT2D eigenvalue weighted by atomic mass is 16.5. The van der Waals surface area contributed by atoms with E-state index in [9.17, 15) is 0 Å². The lowest BCUT2D eigenvalue weighted by molar-refractivity contribution is 0.131. The molecule has 0 saturated carbocycles. The van der Waals surface area contributed by atoms with Crippen molar-refractivity contribution < 1.29 is 4.74 Å². The van der Waals surface area contributed by atoms with E-state index in [0.29, 0.717) is 0 Å². The van der Waals surface area contributed by atoms with Gasteiger partial charge in [-0.2, -0.15) is 0 Å². The maximum atomic E-state index is 5.91. The molecule has 2 aromatic heterocycles. The van der Waals surface area contributed by atoms with Gasteiger partial charge >= 0.3 is 0 Å². The third-order valence-corrected chi connectivity index (χ3v) is 3.21. The first-order valence-electron chi connectivity index (χ1n) is 7.01. The van der Waals surface area contributed by atoms with Crippen molar-refractivity contribution in [1.82, 2.24) is 14.4 Å². The highest BCUT2D eigenvalue weighted by Gasteiger charge is 2.13. The molecule has 1 aromatic carbocycles. The normalized spacial score (nSPS) is 11.8. The minimum absolute atomic E-state index is 0.195. The average Bonchev–Trinajstić information content (AvgIpc) is 2.85. The predicted octanol–water partition coefficient (Wildman–Crippen LogP) is 3.88. The van der Waals surface area contributed by atoms with Crippen LogP contribution in [0.3, 0.4) is 0 Å². The minimum Gasteiger partial charge on any atom is -0.488 e. The van der Waals surface area contributed by atoms with Crippen molar-refractivity contribution in [2.24, 2.45) is 0 Å². The summed E-state index contributed by atoms with van der Waals surface area (Å²) < 4.78 is 7.95. The van der Waals surface area contributed by atoms with E-state index in [4.69, 9.17) is 4.74 Å². The van der Waals surface area contributed by atoms with Crippen LogP contribution in [0.15, 0.2) is 43.0 Å². The number of benzene rings is 1. The summed E-state index contributed by atoms with van der Waals surface area (Å²) >= 11 is 0. The van der Waals surface area contributed by atoms with E-state index in [1.807, 2.05) is 43.6 Å². The Morgan fingerprint density at radius 3 is 2.67 bits per heavy atom. The number of ether oxygens (including phenoxy) is 1. The second kappa shape index (κ2) is 4.88. The van der Waals surface area contributed by atoms with E-state index < -0.39 is 0 Å². The van der Waals surface area contributed by atoms with E-state index >= 15 is 0 Å². The molecule has 3 aromatic rings. The number of aryl methyl sites for hydroxylation is 1. The summed E-state index contributed by atoms with van der Waals surface area (Å²) in [6, 6.07) is 6.15. The lowest BCUT2D eigenvalue weighted by Gasteiger charge is -2.22. The van der Waals surface area contributed by atoms with Crippen molar-refractivity contribution in [2.75, 3.05) is 0 Å². The zero-order valence-electron chi connectivity index (χ0n) is 12.8. The molecule has 0 atom stereocenters. The molecule has 0 radical (unpaired) electrons. The summed E-state index contributed by atoms with van der Waals surface area (Å²) in [6.07, 6.45) is 7.36. The molecule has 0 aliphatic heterocycles. The molecule has 0 amide bonds. The van der Waals surface area contributed by atoms with Crippen LogP contribution in [0.4, 0.5) is 0 Å². The van der Waals surface area contributed by atoms with E-state index in [2.05, 4.69) is 29.0 Å². The molecule has 0 saturated heterocycles. The van der Waals surface area contributed by atoms with Gasteiger partial charge in [0.1, 0.15) is 11.4 Å². The van der Waals surface area contributed by atoms with Crippen LogP contribution in [0.1, 0.15) is 26.3 Å². The molecule has 0 fully saturated rings. The molecular weight excluding hydrogens is 262 g/mol. The third kappa shape index (κ3) is 2.75. The van der Waals surface area contributed by atoms with Crippen molar-refractivity contribution in [3.63, 3.8) is 0 Å². The summed E-state index contributed by atoms with van der Waals surface area (Å²) in [7, 11) is 0. The van der Waals surface area contributed by atoms with Gasteiger partial charge in [-0.25, -0.2) is 4.98 Å². The Balaban J connectivity index is 2.05. The number of rotatable bonds is 2. The van der Waals surface area contributed by atoms with Gasteiger partial charge in [0.15, 0.2) is 5.65 Å². The molecule has 0 N–H and O–H groups in total. The van der Waals surface area contributed by atoms with Gasteiger partial charge in [-0.3, -0.25) is 9.38 Å². The van der Waals surface area contributed by atoms with Gasteiger partial charge in [0.25, 0.3) is 0 Å². The summed E-state index contributed by atoms with van der Waals surface area (Å²) in [5, 5.41) is 0. The molecule has 4 heteroatoms. The van der Waals surface area contributed by atoms with Crippen molar-refractivity contribution in [3.8, 4) is 17.0 Å². The number of aromatic nitrogens is 3. The van der Waals surface area contributed by atoms with Gasteiger partial charge in [0.05, 0.1) is 18.1 Å². The van der Waals surface area contributed by atoms with Gasteiger partial charge in [-0.1, -0.05) is 0 Å². The molecule has 0 aliphatic carbocycles. The first-order valence-corrected chi connectivity index (χ1v) is 7.01. The number of hydrogen-bond acceptors (Lipinski definition) is 3. The minimum atomic E-state index is -0.195. The summed E-state index contributed by atoms with van der Waals surface area (Å²) in [5.41, 5.74) is 3.97. The summed E-state index contributed by atoms with van der Waals surface area (Å²) in [6.45, 7) is 8.23. The maximum Gasteiger partial charge on any atom is 0.155 e. The SMILES string of the molecule is Cc1cc(OC(C)(C)C)ccc1-c1cncc2nccn12. The largest absolute Gasteiger partial charge is 0.488 e. The lowest BCUT2D eigenvalue weighted by Crippen LogP contribution is -2.22. The van der Waals surface area contributed by atoms with Crippen LogP contribution in [0, 0.1) is 6.92 Å². The molecule has 0 unspecified atom stereocenters. The third-order valence-electron chi connectivity index (χ3n) is 3.21. The molecular formula is C17H19N3O. The standard InChI is InChI=1S/C17H19N3O/c1-12-9-13(21-17(2,3)4)5-6-14(12)15-10-18-11-16-19-7-8-20(15)16/h5-11H,1-4H3. The maximum absolute atomic E-state index is 5.91. The summed E-state index contributed by atoms with van der Waals surface area (Å²) in [5.74, 6) is 0.884. The van der Waals surface area contributed by atoms with E-state index in [1.54, 1.807) is 12.4 Å². The quantitative estimate of drug-likeness (QED) is 0.715. The molecule has 0 aliphatic rings. The Morgan fingerprint density at radius 2 is 1.95 bits per heavy atom. The predicted molar refractivity (Wildman–Crippen MR) is 83.5 cm³/mol. The Hall–Kier alpha value is -2.36. The van der Waals surface area contributed by atoms with Gasteiger partial charge in [-0.15, -0.1) is 0 Å². The van der Waals surface area contributed by atoms with Crippen LogP contribution in [-0.2, 0) is 0 Å². The van der Waals surface area contributed by atoms with Crippen LogP contribution < -0.4 is 4.74 Å². The molecule has 3 rings (SSSR count). The van der Waals surface area contributed by atoms with Crippen molar-refractivity contribution in [3.05, 3.63) is 48.5 Å². The van der Waals surface area contributed by atoms with Crippen molar-refractivity contribution in [2.45, 2.75) is 33.3 Å². The first kappa shape index (κ1) is 13.6. The molecule has 21 heavy (non-hydrogen) atoms. The zero-order chi connectivity index (χ0) is 15.0. The molecule has 108 valence electrons. The second-order valence-corrected chi connectivity index (χ2v) is 6.14. The Kier molecular flexibility index (Phi) is 3.16. The van der Waals surface area contributed by atoms with Gasteiger partial charge in [0.2, 0.25) is 0 Å². The van der Waals surface area contributed by atoms with Crippen LogP contribution in [0.5, 0.6) is 5.75 Å². The zero-order valence-corrected chi connectivity index (χ0v) is 12.8. The van der Waals surface area contributed by atoms with Crippen LogP contribution in [0.2, 0.25) is 0 Å². The van der Waals surface area contributed by atoms with E-state index in [1.165, 1.54) is 0 Å². The highest BCUT2D eigenvalue weighted by Crippen LogP contribution is 2.28. The molecule has 0 spiro atoms. The lowest BCUT2D eigenvalue weighted by atomic mass is 10.1. The van der Waals surface area contributed by atoms with Crippen LogP contribution in [0.25, 0.3) is 16.9 Å². The number of imidazole rings is 1. The smallest absolute Gasteiger partial charge is 0.155 e. The monoisotopic (exact) mass is 281 g/mol. The number of hydrogen-bond donors (Lipinski definition) is 0. The van der Waals surface area contributed by atoms with Gasteiger partial charge in [-0.05, 0) is 51.5 Å². The summed E-state index contributed by atoms with van der Waals surface area (Å²) in [4.78, 5) is 8.55. The Morgan fingerprint density at radius 1 is 1.14 bits per heavy atom. The average molecular weight is 281 g/mol. The van der Waals surface area contributed by atoms with E-state index in [-0.39, 0.29) is 5.60 Å². The van der Waals surface area contributed by atoms with Crippen LogP contribution >= 0.6 is 0 Å². The number of nitrogens with zero attached hydrogens (tertiary/aromatic N) is 3. The van der Waals surface area contributed by atoms with Crippen LogP contribution in [-0.4, -0.2) is 20.0 Å². The molecule has 2 heterocycles. The fraction of sp³-hybridized carbons (Fsp3) is 0.294. The number of fused-ring (bicyclic) bond motifs is 1. The van der Waals surface area contributed by atoms with Gasteiger partial charge in [0, 0.05) is 18.0 Å². The topological polar surface area (TPSA) is 39.4 Å². The van der Waals surface area contributed by atoms with Crippen molar-refractivity contribution in [1.29, 1.82) is 0 Å². The first-order chi connectivity index (χ1) is 9.94. The Labute approximate surface area is 124 Å². The Bertz CT molecular complexity index is 784. The van der Waals surface area contributed by atoms with Gasteiger partial charge < -0.3 is 4.74 Å². The fourth-order valence-electron chi connectivity index (χ4n) is 2.39. The second-order valence-electron chi connectivity index (χ2n) is 6.14. The fourth-order valence-corrected chi connectivity index (χ4v) is 2.39.